The van der Waals surface area contributed by atoms with Gasteiger partial charge in [-0.3, -0.25) is 4.57 Å². The van der Waals surface area contributed by atoms with Gasteiger partial charge in [0, 0.05) is 13.2 Å². The lowest BCUT2D eigenvalue weighted by Gasteiger charge is -2.23. The second-order valence-corrected chi connectivity index (χ2v) is 8.53. The lowest BCUT2D eigenvalue weighted by molar-refractivity contribution is 0.414. The van der Waals surface area contributed by atoms with Gasteiger partial charge in [-0.25, -0.2) is 19.1 Å². The fourth-order valence-electron chi connectivity index (χ4n) is 3.58. The number of hydrogen-bond donors (Lipinski definition) is 1. The molecule has 0 saturated carbocycles. The molecule has 9 nitrogen and oxygen atoms in total. The van der Waals surface area contributed by atoms with E-state index in [-0.39, 0.29) is 24.9 Å². The Bertz CT molecular complexity index is 1480. The quantitative estimate of drug-likeness (QED) is 0.403. The zero-order chi connectivity index (χ0) is 25.1. The summed E-state index contributed by atoms with van der Waals surface area (Å²) in [6, 6.07) is 15.6. The molecule has 2 N–H and O–H groups in total. The highest BCUT2D eigenvalue weighted by molar-refractivity contribution is 6.42. The van der Waals surface area contributed by atoms with Crippen molar-refractivity contribution in [3.63, 3.8) is 0 Å². The maximum atomic E-state index is 13.6. The number of benzene rings is 2. The molecule has 0 unspecified atom stereocenters. The van der Waals surface area contributed by atoms with E-state index >= 15 is 0 Å². The average molecular weight is 513 g/mol. The van der Waals surface area contributed by atoms with Crippen molar-refractivity contribution in [1.29, 1.82) is 0 Å². The molecular formula is C24H22Cl2N6O3. The van der Waals surface area contributed by atoms with Crippen LogP contribution in [0.1, 0.15) is 11.1 Å². The van der Waals surface area contributed by atoms with Gasteiger partial charge in [0.05, 0.1) is 35.9 Å². The van der Waals surface area contributed by atoms with Crippen LogP contribution in [0.3, 0.4) is 0 Å². The second kappa shape index (κ2) is 10.2. The zero-order valence-corrected chi connectivity index (χ0v) is 20.5. The Balaban J connectivity index is 1.84. The van der Waals surface area contributed by atoms with Crippen LogP contribution in [-0.4, -0.2) is 33.3 Å². The van der Waals surface area contributed by atoms with Crippen molar-refractivity contribution < 1.29 is 4.74 Å². The Morgan fingerprint density at radius 3 is 2.31 bits per heavy atom. The third kappa shape index (κ3) is 5.16. The first-order valence-corrected chi connectivity index (χ1v) is 11.3. The molecule has 0 aliphatic rings. The van der Waals surface area contributed by atoms with E-state index in [1.807, 2.05) is 12.1 Å². The van der Waals surface area contributed by atoms with Crippen molar-refractivity contribution >= 4 is 40.7 Å². The van der Waals surface area contributed by atoms with Crippen molar-refractivity contribution in [2.75, 3.05) is 24.8 Å². The summed E-state index contributed by atoms with van der Waals surface area (Å²) < 4.78 is 7.68. The fourth-order valence-corrected chi connectivity index (χ4v) is 3.90. The van der Waals surface area contributed by atoms with Crippen LogP contribution in [0.25, 0.3) is 0 Å². The van der Waals surface area contributed by atoms with Crippen molar-refractivity contribution in [2.45, 2.75) is 13.1 Å². The van der Waals surface area contributed by atoms with E-state index in [9.17, 15) is 9.59 Å². The van der Waals surface area contributed by atoms with E-state index in [4.69, 9.17) is 33.7 Å². The summed E-state index contributed by atoms with van der Waals surface area (Å²) in [7, 11) is 3.25. The molecule has 0 spiro atoms. The van der Waals surface area contributed by atoms with Crippen LogP contribution in [0, 0.1) is 0 Å². The lowest BCUT2D eigenvalue weighted by atomic mass is 10.2. The topological polar surface area (TPSA) is 108 Å². The van der Waals surface area contributed by atoms with Gasteiger partial charge in [-0.2, -0.15) is 4.98 Å². The number of methoxy groups -OCH3 is 1. The minimum Gasteiger partial charge on any atom is -0.497 e. The highest BCUT2D eigenvalue weighted by Gasteiger charge is 2.20. The van der Waals surface area contributed by atoms with Gasteiger partial charge in [0.25, 0.3) is 0 Å². The Hall–Kier alpha value is -3.82. The summed E-state index contributed by atoms with van der Waals surface area (Å²) in [6.07, 6.45) is 1.56. The van der Waals surface area contributed by atoms with Gasteiger partial charge < -0.3 is 15.4 Å². The number of anilines is 3. The average Bonchev–Trinajstić information content (AvgIpc) is 2.85. The molecule has 0 aliphatic heterocycles. The molecule has 4 rings (SSSR count). The minimum atomic E-state index is -0.712. The van der Waals surface area contributed by atoms with Gasteiger partial charge in [-0.1, -0.05) is 41.4 Å². The normalized spacial score (nSPS) is 10.9. The summed E-state index contributed by atoms with van der Waals surface area (Å²) in [5.41, 5.74) is 6.73. The maximum absolute atomic E-state index is 13.6. The fraction of sp³-hybridized carbons (Fsp3) is 0.167. The van der Waals surface area contributed by atoms with Gasteiger partial charge >= 0.3 is 11.4 Å². The predicted octanol–water partition coefficient (Wildman–Crippen LogP) is 3.56. The number of aromatic nitrogens is 4. The highest BCUT2D eigenvalue weighted by atomic mass is 35.5. The molecule has 11 heteroatoms. The minimum absolute atomic E-state index is 0.0246. The smallest absolute Gasteiger partial charge is 0.355 e. The largest absolute Gasteiger partial charge is 0.497 e. The van der Waals surface area contributed by atoms with E-state index in [0.717, 1.165) is 10.1 Å². The molecule has 4 aromatic rings. The first-order chi connectivity index (χ1) is 16.8. The van der Waals surface area contributed by atoms with Crippen molar-refractivity contribution in [3.05, 3.63) is 103 Å². The first kappa shape index (κ1) is 24.3. The monoisotopic (exact) mass is 512 g/mol. The van der Waals surface area contributed by atoms with Gasteiger partial charge in [0.1, 0.15) is 11.6 Å². The molecule has 0 aliphatic carbocycles. The van der Waals surface area contributed by atoms with E-state index in [0.29, 0.717) is 27.0 Å². The van der Waals surface area contributed by atoms with E-state index in [1.54, 1.807) is 67.7 Å². The summed E-state index contributed by atoms with van der Waals surface area (Å²) in [5.74, 6) is 1.05. The lowest BCUT2D eigenvalue weighted by Crippen LogP contribution is -2.44. The van der Waals surface area contributed by atoms with Crippen LogP contribution < -0.4 is 26.7 Å². The molecule has 0 atom stereocenters. The molecule has 2 aromatic carbocycles. The Morgan fingerprint density at radius 1 is 0.971 bits per heavy atom. The van der Waals surface area contributed by atoms with Gasteiger partial charge in [-0.05, 0) is 47.5 Å². The maximum Gasteiger partial charge on any atom is 0.355 e. The molecule has 0 radical (unpaired) electrons. The number of nitrogens with zero attached hydrogens (tertiary/aromatic N) is 5. The summed E-state index contributed by atoms with van der Waals surface area (Å²) >= 11 is 12.1. The molecule has 2 aromatic heterocycles. The van der Waals surface area contributed by atoms with Crippen LogP contribution in [0.15, 0.2) is 70.4 Å². The van der Waals surface area contributed by atoms with Crippen molar-refractivity contribution in [1.82, 2.24) is 19.1 Å². The second-order valence-electron chi connectivity index (χ2n) is 7.71. The number of rotatable bonds is 7. The highest BCUT2D eigenvalue weighted by Crippen LogP contribution is 2.26. The molecule has 180 valence electrons. The molecular weight excluding hydrogens is 491 g/mol. The Labute approximate surface area is 211 Å². The van der Waals surface area contributed by atoms with E-state index in [2.05, 4.69) is 9.97 Å². The summed E-state index contributed by atoms with van der Waals surface area (Å²) in [6.45, 7) is 0.126. The van der Waals surface area contributed by atoms with Crippen molar-refractivity contribution in [3.8, 4) is 5.75 Å². The number of nitrogen functional groups attached to an aromatic ring is 1. The van der Waals surface area contributed by atoms with Gasteiger partial charge in [-0.15, -0.1) is 0 Å². The van der Waals surface area contributed by atoms with E-state index in [1.165, 1.54) is 4.57 Å². The summed E-state index contributed by atoms with van der Waals surface area (Å²) in [4.78, 5) is 36.6. The Kier molecular flexibility index (Phi) is 7.09. The standard InChI is InChI=1S/C24H22Cl2N6O3/c1-30(20-4-3-11-28-21(20)27)22-29-23(33)32(14-16-7-10-18(25)19(26)12-16)24(34)31(22)13-15-5-8-17(35-2)9-6-15/h3-12H,13-14H2,1-2H3,(H2,27,28). The molecule has 35 heavy (non-hydrogen) atoms. The number of nitrogens with two attached hydrogens (primary N) is 1. The SMILES string of the molecule is COc1ccc(Cn2c(N(C)c3cccnc3N)nc(=O)n(Cc3ccc(Cl)c(Cl)c3)c2=O)cc1. The number of hydrogen-bond acceptors (Lipinski definition) is 7. The van der Waals surface area contributed by atoms with E-state index < -0.39 is 11.4 Å². The first-order valence-electron chi connectivity index (χ1n) is 10.5. The third-order valence-corrected chi connectivity index (χ3v) is 6.17. The molecule has 0 fully saturated rings. The van der Waals surface area contributed by atoms with Crippen LogP contribution in [-0.2, 0) is 13.1 Å². The van der Waals surface area contributed by atoms with Gasteiger partial charge in [0.2, 0.25) is 5.95 Å². The molecule has 0 amide bonds. The zero-order valence-electron chi connectivity index (χ0n) is 19.0. The predicted molar refractivity (Wildman–Crippen MR) is 137 cm³/mol. The molecule has 0 bridgehead atoms. The van der Waals surface area contributed by atoms with Crippen LogP contribution in [0.4, 0.5) is 17.5 Å². The Morgan fingerprint density at radius 2 is 1.66 bits per heavy atom. The van der Waals surface area contributed by atoms with Gasteiger partial charge in [0.15, 0.2) is 0 Å². The van der Waals surface area contributed by atoms with Crippen LogP contribution in [0.5, 0.6) is 5.75 Å². The number of ether oxygens (including phenoxy) is 1. The molecule has 0 saturated heterocycles. The van der Waals surface area contributed by atoms with Crippen LogP contribution >= 0.6 is 23.2 Å². The third-order valence-electron chi connectivity index (χ3n) is 5.43. The summed E-state index contributed by atoms with van der Waals surface area (Å²) in [5, 5.41) is 0.705. The number of halogens is 2. The number of pyridine rings is 1. The van der Waals surface area contributed by atoms with Crippen LogP contribution in [0.2, 0.25) is 10.0 Å². The molecule has 2 heterocycles. The van der Waals surface area contributed by atoms with Crippen molar-refractivity contribution in [2.24, 2.45) is 0 Å².